The highest BCUT2D eigenvalue weighted by molar-refractivity contribution is 7.99. The third kappa shape index (κ3) is 4.52. The molecule has 1 heterocycles. The third-order valence-corrected chi connectivity index (χ3v) is 4.17. The van der Waals surface area contributed by atoms with Gasteiger partial charge in [0.1, 0.15) is 0 Å². The SMILES string of the molecule is O=C(Cc1ccc(N(O)O)cc1)N1CCN(C(S)S)CC1. The Bertz CT molecular complexity index is 474. The molecule has 0 atom stereocenters. The Morgan fingerprint density at radius 1 is 1.14 bits per heavy atom. The van der Waals surface area contributed by atoms with Crippen molar-refractivity contribution in [3.63, 3.8) is 0 Å². The lowest BCUT2D eigenvalue weighted by Crippen LogP contribution is -2.50. The molecule has 1 aromatic carbocycles. The Labute approximate surface area is 134 Å². The van der Waals surface area contributed by atoms with Crippen LogP contribution in [0, 0.1) is 0 Å². The molecule has 0 aromatic heterocycles. The first-order valence-electron chi connectivity index (χ1n) is 6.62. The lowest BCUT2D eigenvalue weighted by atomic mass is 10.1. The first kappa shape index (κ1) is 16.4. The van der Waals surface area contributed by atoms with Crippen molar-refractivity contribution in [3.05, 3.63) is 29.8 Å². The average Bonchev–Trinajstić information content (AvgIpc) is 2.47. The van der Waals surface area contributed by atoms with E-state index in [0.717, 1.165) is 18.7 Å². The summed E-state index contributed by atoms with van der Waals surface area (Å²) in [5.41, 5.74) is 1.10. The molecule has 2 N–H and O–H groups in total. The number of hydrogen-bond acceptors (Lipinski definition) is 7. The maximum absolute atomic E-state index is 12.2. The van der Waals surface area contributed by atoms with Crippen LogP contribution in [0.5, 0.6) is 0 Å². The van der Waals surface area contributed by atoms with Crippen molar-refractivity contribution in [1.29, 1.82) is 0 Å². The Kier molecular flexibility index (Phi) is 5.77. The van der Waals surface area contributed by atoms with Gasteiger partial charge in [0.05, 0.1) is 16.8 Å². The zero-order valence-corrected chi connectivity index (χ0v) is 13.2. The molecule has 0 aliphatic carbocycles. The highest BCUT2D eigenvalue weighted by Gasteiger charge is 2.22. The predicted octanol–water partition coefficient (Wildman–Crippen LogP) is 1.10. The maximum Gasteiger partial charge on any atom is 0.227 e. The molecule has 116 valence electrons. The lowest BCUT2D eigenvalue weighted by molar-refractivity contribution is -0.132. The van der Waals surface area contributed by atoms with E-state index in [0.29, 0.717) is 19.5 Å². The molecule has 1 amide bonds. The number of carbonyl (C=O) groups excluding carboxylic acids is 1. The number of benzene rings is 1. The Hall–Kier alpha value is -0.930. The molecular weight excluding hydrogens is 310 g/mol. The van der Waals surface area contributed by atoms with Gasteiger partial charge in [-0.1, -0.05) is 12.1 Å². The molecule has 1 aliphatic rings. The van der Waals surface area contributed by atoms with Crippen LogP contribution in [0.2, 0.25) is 0 Å². The van der Waals surface area contributed by atoms with E-state index in [9.17, 15) is 4.79 Å². The van der Waals surface area contributed by atoms with E-state index < -0.39 is 0 Å². The molecule has 1 saturated heterocycles. The van der Waals surface area contributed by atoms with Gasteiger partial charge in [-0.3, -0.25) is 20.1 Å². The van der Waals surface area contributed by atoms with E-state index in [1.54, 1.807) is 24.3 Å². The van der Waals surface area contributed by atoms with Crippen molar-refractivity contribution in [2.45, 2.75) is 11.1 Å². The van der Waals surface area contributed by atoms with Crippen molar-refractivity contribution >= 4 is 36.9 Å². The largest absolute Gasteiger partial charge is 0.340 e. The Morgan fingerprint density at radius 3 is 2.19 bits per heavy atom. The molecule has 1 fully saturated rings. The molecule has 6 nitrogen and oxygen atoms in total. The van der Waals surface area contributed by atoms with Crippen molar-refractivity contribution in [1.82, 2.24) is 9.80 Å². The van der Waals surface area contributed by atoms with Crippen LogP contribution in [-0.4, -0.2) is 57.0 Å². The van der Waals surface area contributed by atoms with Crippen LogP contribution < -0.4 is 5.23 Å². The zero-order valence-electron chi connectivity index (χ0n) is 11.5. The minimum absolute atomic E-state index is 0.0517. The smallest absolute Gasteiger partial charge is 0.227 e. The molecule has 0 radical (unpaired) electrons. The monoisotopic (exact) mass is 329 g/mol. The van der Waals surface area contributed by atoms with Crippen LogP contribution in [0.25, 0.3) is 0 Å². The molecule has 0 unspecified atom stereocenters. The fourth-order valence-corrected chi connectivity index (χ4v) is 2.70. The Balaban J connectivity index is 1.87. The normalized spacial score (nSPS) is 16.3. The minimum atomic E-state index is -0.0882. The quantitative estimate of drug-likeness (QED) is 0.378. The highest BCUT2D eigenvalue weighted by Crippen LogP contribution is 2.15. The van der Waals surface area contributed by atoms with Crippen LogP contribution in [0.15, 0.2) is 24.3 Å². The number of carbonyl (C=O) groups is 1. The second-order valence-corrected chi connectivity index (χ2v) is 6.28. The van der Waals surface area contributed by atoms with Gasteiger partial charge >= 0.3 is 0 Å². The standard InChI is InChI=1S/C13H19N3O3S2/c17-12(14-5-7-15(8-6-14)13(20)21)9-10-1-3-11(4-2-10)16(18)19/h1-4,13,18-21H,5-9H2. The number of amides is 1. The number of piperazine rings is 1. The first-order chi connectivity index (χ1) is 9.97. The van der Waals surface area contributed by atoms with Crippen LogP contribution in [0.1, 0.15) is 5.56 Å². The summed E-state index contributed by atoms with van der Waals surface area (Å²) in [5, 5.41) is 17.8. The van der Waals surface area contributed by atoms with Crippen LogP contribution in [-0.2, 0) is 11.2 Å². The van der Waals surface area contributed by atoms with E-state index in [-0.39, 0.29) is 21.5 Å². The topological polar surface area (TPSA) is 67.2 Å². The zero-order chi connectivity index (χ0) is 15.4. The molecule has 8 heteroatoms. The molecule has 1 aliphatic heterocycles. The van der Waals surface area contributed by atoms with Crippen LogP contribution in [0.4, 0.5) is 5.69 Å². The van der Waals surface area contributed by atoms with E-state index in [1.165, 1.54) is 0 Å². The number of nitrogens with zero attached hydrogens (tertiary/aromatic N) is 3. The third-order valence-electron chi connectivity index (χ3n) is 3.52. The van der Waals surface area contributed by atoms with E-state index >= 15 is 0 Å². The summed E-state index contributed by atoms with van der Waals surface area (Å²) in [6.45, 7) is 2.89. The van der Waals surface area contributed by atoms with Crippen molar-refractivity contribution in [2.75, 3.05) is 31.4 Å². The fourth-order valence-electron chi connectivity index (χ4n) is 2.24. The molecule has 1 aromatic rings. The molecule has 0 spiro atoms. The summed E-state index contributed by atoms with van der Waals surface area (Å²) >= 11 is 8.54. The van der Waals surface area contributed by atoms with E-state index in [1.807, 2.05) is 4.90 Å². The average molecular weight is 329 g/mol. The summed E-state index contributed by atoms with van der Waals surface area (Å²) in [6, 6.07) is 6.51. The highest BCUT2D eigenvalue weighted by atomic mass is 32.2. The summed E-state index contributed by atoms with van der Waals surface area (Å²) in [4.78, 5) is 16.2. The van der Waals surface area contributed by atoms with Gasteiger partial charge in [-0.05, 0) is 17.7 Å². The molecule has 0 bridgehead atoms. The van der Waals surface area contributed by atoms with E-state index in [2.05, 4.69) is 30.2 Å². The van der Waals surface area contributed by atoms with Crippen molar-refractivity contribution in [3.8, 4) is 0 Å². The molecular formula is C13H19N3O3S2. The van der Waals surface area contributed by atoms with Gasteiger partial charge in [-0.25, -0.2) is 0 Å². The lowest BCUT2D eigenvalue weighted by Gasteiger charge is -2.36. The fraction of sp³-hybridized carbons (Fsp3) is 0.462. The summed E-state index contributed by atoms with van der Waals surface area (Å²) in [5.74, 6) is 0.0714. The number of hydrogen-bond donors (Lipinski definition) is 4. The molecule has 2 rings (SSSR count). The second-order valence-electron chi connectivity index (χ2n) is 4.90. The summed E-state index contributed by atoms with van der Waals surface area (Å²) in [6.07, 6.45) is 0.308. The van der Waals surface area contributed by atoms with Gasteiger partial charge in [0.15, 0.2) is 0 Å². The Morgan fingerprint density at radius 2 is 1.71 bits per heavy atom. The number of thiol groups is 2. The summed E-state index contributed by atoms with van der Waals surface area (Å²) in [7, 11) is 0. The van der Waals surface area contributed by atoms with E-state index in [4.69, 9.17) is 10.4 Å². The second kappa shape index (κ2) is 7.37. The predicted molar refractivity (Wildman–Crippen MR) is 86.1 cm³/mol. The molecule has 0 saturated carbocycles. The van der Waals surface area contributed by atoms with Crippen LogP contribution in [0.3, 0.4) is 0 Å². The van der Waals surface area contributed by atoms with Gasteiger partial charge in [0.25, 0.3) is 0 Å². The summed E-state index contributed by atoms with van der Waals surface area (Å²) < 4.78 is -0.0882. The number of rotatable bonds is 4. The first-order valence-corrected chi connectivity index (χ1v) is 7.65. The van der Waals surface area contributed by atoms with Crippen molar-refractivity contribution < 1.29 is 15.2 Å². The minimum Gasteiger partial charge on any atom is -0.340 e. The number of anilines is 1. The molecule has 21 heavy (non-hydrogen) atoms. The van der Waals surface area contributed by atoms with Gasteiger partial charge in [0, 0.05) is 26.2 Å². The van der Waals surface area contributed by atoms with Crippen LogP contribution >= 0.6 is 25.3 Å². The van der Waals surface area contributed by atoms with Gasteiger partial charge in [0.2, 0.25) is 5.91 Å². The van der Waals surface area contributed by atoms with Gasteiger partial charge in [-0.2, -0.15) is 0 Å². The van der Waals surface area contributed by atoms with Gasteiger partial charge < -0.3 is 4.90 Å². The van der Waals surface area contributed by atoms with Gasteiger partial charge in [-0.15, -0.1) is 30.5 Å². The maximum atomic E-state index is 12.2. The van der Waals surface area contributed by atoms with Crippen molar-refractivity contribution in [2.24, 2.45) is 0 Å².